The van der Waals surface area contributed by atoms with Gasteiger partial charge in [-0.15, -0.1) is 0 Å². The monoisotopic (exact) mass is 563 g/mol. The Balaban J connectivity index is 1.34. The van der Waals surface area contributed by atoms with Crippen molar-refractivity contribution in [2.75, 3.05) is 32.8 Å². The molecule has 3 aliphatic heterocycles. The maximum atomic E-state index is 10.2. The minimum Gasteiger partial charge on any atom is -0.508 e. The van der Waals surface area contributed by atoms with Crippen molar-refractivity contribution in [3.8, 4) is 28.7 Å². The van der Waals surface area contributed by atoms with Crippen molar-refractivity contribution in [3.05, 3.63) is 75.8 Å². The summed E-state index contributed by atoms with van der Waals surface area (Å²) >= 11 is 3.72. The Labute approximate surface area is 225 Å². The lowest BCUT2D eigenvalue weighted by Crippen LogP contribution is -2.33. The van der Waals surface area contributed by atoms with Gasteiger partial charge < -0.3 is 24.4 Å². The number of halogens is 1. The van der Waals surface area contributed by atoms with E-state index in [1.54, 1.807) is 24.3 Å². The second kappa shape index (κ2) is 10.3. The third-order valence-electron chi connectivity index (χ3n) is 7.36. The molecule has 1 atom stereocenters. The van der Waals surface area contributed by atoms with E-state index in [9.17, 15) is 10.2 Å². The molecule has 0 aliphatic carbocycles. The quantitative estimate of drug-likeness (QED) is 0.366. The molecular formula is C30H30BrNO5. The number of benzene rings is 3. The molecule has 3 aromatic rings. The molecule has 2 N–H and O–H groups in total. The molecule has 1 saturated heterocycles. The number of hydrogen-bond acceptors (Lipinski definition) is 6. The third-order valence-corrected chi connectivity index (χ3v) is 7.98. The first-order valence-electron chi connectivity index (χ1n) is 12.9. The average molecular weight is 564 g/mol. The molecule has 0 saturated carbocycles. The van der Waals surface area contributed by atoms with E-state index in [0.29, 0.717) is 31.1 Å². The van der Waals surface area contributed by atoms with Crippen molar-refractivity contribution >= 4 is 27.1 Å². The van der Waals surface area contributed by atoms with Gasteiger partial charge in [0.05, 0.1) is 11.1 Å². The molecule has 0 spiro atoms. The zero-order valence-corrected chi connectivity index (χ0v) is 22.2. The topological polar surface area (TPSA) is 71.4 Å². The lowest BCUT2D eigenvalue weighted by atomic mass is 9.84. The van der Waals surface area contributed by atoms with E-state index in [0.717, 1.165) is 57.7 Å². The molecule has 6 nitrogen and oxygen atoms in total. The van der Waals surface area contributed by atoms with E-state index in [-0.39, 0.29) is 11.5 Å². The first-order valence-corrected chi connectivity index (χ1v) is 13.7. The highest BCUT2D eigenvalue weighted by atomic mass is 79.9. The largest absolute Gasteiger partial charge is 0.508 e. The Morgan fingerprint density at radius 2 is 1.65 bits per heavy atom. The summed E-state index contributed by atoms with van der Waals surface area (Å²) < 4.78 is 19.6. The van der Waals surface area contributed by atoms with Crippen LogP contribution in [0.15, 0.2) is 59.1 Å². The van der Waals surface area contributed by atoms with Gasteiger partial charge in [-0.3, -0.25) is 4.90 Å². The number of nitrogens with zero attached hydrogens (tertiary/aromatic N) is 1. The number of ether oxygens (including phenoxy) is 3. The summed E-state index contributed by atoms with van der Waals surface area (Å²) in [6.07, 6.45) is 4.13. The number of likely N-dealkylation sites (tertiary alicyclic amines) is 1. The molecule has 192 valence electrons. The predicted octanol–water partition coefficient (Wildman–Crippen LogP) is 6.55. The van der Waals surface area contributed by atoms with Crippen LogP contribution in [-0.2, 0) is 0 Å². The SMILES string of the molecule is Oc1ccc2c(c1)OC(c1ccc(OCCN3CCCCC3)c(Br)c1)C1=C2CCOc2cc(O)ccc21. The smallest absolute Gasteiger partial charge is 0.150 e. The van der Waals surface area contributed by atoms with Crippen LogP contribution < -0.4 is 14.2 Å². The molecule has 0 aromatic heterocycles. The first kappa shape index (κ1) is 24.2. The van der Waals surface area contributed by atoms with Crippen LogP contribution in [0.5, 0.6) is 28.7 Å². The standard InChI is InChI=1S/C30H30BrNO5/c31-25-16-19(4-9-26(25)36-15-13-32-11-2-1-3-12-32)30-29-23(22-7-5-21(34)18-28(22)37-30)10-14-35-27-17-20(33)6-8-24(27)29/h4-9,16-18,30,33-34H,1-3,10-15H2. The Bertz CT molecular complexity index is 1350. The molecule has 7 heteroatoms. The van der Waals surface area contributed by atoms with Crippen LogP contribution in [-0.4, -0.2) is 48.0 Å². The van der Waals surface area contributed by atoms with Gasteiger partial charge in [0.25, 0.3) is 0 Å². The second-order valence-electron chi connectivity index (χ2n) is 9.79. The number of aromatic hydroxyl groups is 2. The highest BCUT2D eigenvalue weighted by Crippen LogP contribution is 2.52. The van der Waals surface area contributed by atoms with Crippen LogP contribution in [0.2, 0.25) is 0 Å². The fourth-order valence-electron chi connectivity index (χ4n) is 5.54. The lowest BCUT2D eigenvalue weighted by Gasteiger charge is -2.31. The average Bonchev–Trinajstić information content (AvgIpc) is 3.09. The van der Waals surface area contributed by atoms with Crippen molar-refractivity contribution in [2.24, 2.45) is 0 Å². The number of rotatable bonds is 5. The third kappa shape index (κ3) is 4.90. The number of piperidine rings is 1. The summed E-state index contributed by atoms with van der Waals surface area (Å²) in [5.74, 6) is 2.41. The maximum Gasteiger partial charge on any atom is 0.150 e. The zero-order valence-electron chi connectivity index (χ0n) is 20.6. The van der Waals surface area contributed by atoms with Gasteiger partial charge in [-0.05, 0) is 89.4 Å². The van der Waals surface area contributed by atoms with E-state index in [2.05, 4.69) is 20.8 Å². The van der Waals surface area contributed by atoms with Gasteiger partial charge in [0, 0.05) is 41.8 Å². The minimum atomic E-state index is -0.423. The maximum absolute atomic E-state index is 10.2. The van der Waals surface area contributed by atoms with E-state index in [1.165, 1.54) is 19.3 Å². The molecule has 3 aliphatic rings. The van der Waals surface area contributed by atoms with Crippen molar-refractivity contribution in [1.82, 2.24) is 4.90 Å². The fourth-order valence-corrected chi connectivity index (χ4v) is 6.05. The van der Waals surface area contributed by atoms with Crippen LogP contribution in [0.3, 0.4) is 0 Å². The zero-order chi connectivity index (χ0) is 25.4. The van der Waals surface area contributed by atoms with Crippen LogP contribution in [0.1, 0.15) is 48.5 Å². The normalized spacial score (nSPS) is 19.1. The van der Waals surface area contributed by atoms with Crippen LogP contribution >= 0.6 is 15.9 Å². The number of phenols is 2. The van der Waals surface area contributed by atoms with Gasteiger partial charge in [0.15, 0.2) is 0 Å². The molecule has 3 heterocycles. The first-order chi connectivity index (χ1) is 18.1. The van der Waals surface area contributed by atoms with Crippen LogP contribution in [0.4, 0.5) is 0 Å². The highest BCUT2D eigenvalue weighted by Gasteiger charge is 2.34. The number of hydrogen-bond donors (Lipinski definition) is 2. The fraction of sp³-hybridized carbons (Fsp3) is 0.333. The van der Waals surface area contributed by atoms with E-state index in [1.807, 2.05) is 30.3 Å². The summed E-state index contributed by atoms with van der Waals surface area (Å²) in [6.45, 7) is 4.36. The summed E-state index contributed by atoms with van der Waals surface area (Å²) in [5.41, 5.74) is 4.93. The van der Waals surface area contributed by atoms with Crippen molar-refractivity contribution in [1.29, 1.82) is 0 Å². The van der Waals surface area contributed by atoms with E-state index >= 15 is 0 Å². The summed E-state index contributed by atoms with van der Waals surface area (Å²) in [6, 6.07) is 16.5. The summed E-state index contributed by atoms with van der Waals surface area (Å²) in [7, 11) is 0. The molecule has 0 bridgehead atoms. The Hall–Kier alpha value is -3.16. The Kier molecular flexibility index (Phi) is 6.74. The summed E-state index contributed by atoms with van der Waals surface area (Å²) in [5, 5.41) is 20.3. The van der Waals surface area contributed by atoms with Crippen molar-refractivity contribution in [3.63, 3.8) is 0 Å². The highest BCUT2D eigenvalue weighted by molar-refractivity contribution is 9.10. The Morgan fingerprint density at radius 1 is 0.892 bits per heavy atom. The van der Waals surface area contributed by atoms with Gasteiger partial charge in [0.2, 0.25) is 0 Å². The molecule has 0 amide bonds. The molecule has 1 unspecified atom stereocenters. The van der Waals surface area contributed by atoms with Crippen molar-refractivity contribution < 1.29 is 24.4 Å². The molecular weight excluding hydrogens is 534 g/mol. The van der Waals surface area contributed by atoms with E-state index < -0.39 is 6.10 Å². The molecule has 0 radical (unpaired) electrons. The lowest BCUT2D eigenvalue weighted by molar-refractivity contribution is 0.183. The molecule has 3 aromatic carbocycles. The second-order valence-corrected chi connectivity index (χ2v) is 10.6. The molecule has 1 fully saturated rings. The van der Waals surface area contributed by atoms with Gasteiger partial charge >= 0.3 is 0 Å². The minimum absolute atomic E-state index is 0.162. The summed E-state index contributed by atoms with van der Waals surface area (Å²) in [4.78, 5) is 2.46. The van der Waals surface area contributed by atoms with Crippen LogP contribution in [0, 0.1) is 0 Å². The Morgan fingerprint density at radius 3 is 2.43 bits per heavy atom. The van der Waals surface area contributed by atoms with Gasteiger partial charge in [-0.25, -0.2) is 0 Å². The van der Waals surface area contributed by atoms with Crippen LogP contribution in [0.25, 0.3) is 11.1 Å². The number of fused-ring (bicyclic) bond motifs is 4. The predicted molar refractivity (Wildman–Crippen MR) is 146 cm³/mol. The molecule has 6 rings (SSSR count). The van der Waals surface area contributed by atoms with Gasteiger partial charge in [-0.2, -0.15) is 0 Å². The number of phenolic OH excluding ortho intramolecular Hbond substituents is 2. The van der Waals surface area contributed by atoms with Crippen molar-refractivity contribution in [2.45, 2.75) is 31.8 Å². The van der Waals surface area contributed by atoms with Gasteiger partial charge in [-0.1, -0.05) is 12.5 Å². The van der Waals surface area contributed by atoms with E-state index in [4.69, 9.17) is 14.2 Å². The molecule has 37 heavy (non-hydrogen) atoms. The van der Waals surface area contributed by atoms with Gasteiger partial charge in [0.1, 0.15) is 41.5 Å².